The summed E-state index contributed by atoms with van der Waals surface area (Å²) in [5, 5.41) is 3.20. The van der Waals surface area contributed by atoms with Gasteiger partial charge in [0.1, 0.15) is 0 Å². The lowest BCUT2D eigenvalue weighted by atomic mass is 9.98. The summed E-state index contributed by atoms with van der Waals surface area (Å²) in [5.74, 6) is 0. The van der Waals surface area contributed by atoms with Gasteiger partial charge in [-0.25, -0.2) is 8.78 Å². The molecule has 34 heavy (non-hydrogen) atoms. The Kier molecular flexibility index (Phi) is 10.7. The van der Waals surface area contributed by atoms with E-state index in [2.05, 4.69) is 42.9 Å². The van der Waals surface area contributed by atoms with Crippen molar-refractivity contribution < 1.29 is 8.78 Å². The maximum Gasteiger partial charge on any atom is 0.264 e. The van der Waals surface area contributed by atoms with Gasteiger partial charge in [-0.1, -0.05) is 55.5 Å². The summed E-state index contributed by atoms with van der Waals surface area (Å²) >= 11 is 0. The number of nitrogens with one attached hydrogen (secondary N) is 1. The first kappa shape index (κ1) is 27.0. The van der Waals surface area contributed by atoms with Crippen LogP contribution >= 0.6 is 0 Å². The highest BCUT2D eigenvalue weighted by Gasteiger charge is 2.13. The molecule has 0 heterocycles. The molecule has 4 heteroatoms. The lowest BCUT2D eigenvalue weighted by Crippen LogP contribution is -2.02. The Balaban J connectivity index is 2.09. The number of halogens is 2. The van der Waals surface area contributed by atoms with Crippen LogP contribution in [0.5, 0.6) is 0 Å². The minimum atomic E-state index is -2.50. The summed E-state index contributed by atoms with van der Waals surface area (Å²) in [6.45, 7) is 14.2. The van der Waals surface area contributed by atoms with Crippen molar-refractivity contribution in [2.75, 3.05) is 5.32 Å². The third kappa shape index (κ3) is 8.26. The zero-order chi connectivity index (χ0) is 25.1. The average molecular weight is 463 g/mol. The molecule has 0 amide bonds. The molecular weight excluding hydrogens is 426 g/mol. The maximum atomic E-state index is 13.4. The van der Waals surface area contributed by atoms with Gasteiger partial charge in [-0.2, -0.15) is 0 Å². The first-order valence-corrected chi connectivity index (χ1v) is 11.7. The summed E-state index contributed by atoms with van der Waals surface area (Å²) in [4.78, 5) is 4.51. The molecule has 0 aliphatic carbocycles. The van der Waals surface area contributed by atoms with Crippen LogP contribution in [0.1, 0.15) is 68.4 Å². The van der Waals surface area contributed by atoms with E-state index in [-0.39, 0.29) is 5.56 Å². The van der Waals surface area contributed by atoms with E-state index in [1.54, 1.807) is 6.07 Å². The summed E-state index contributed by atoms with van der Waals surface area (Å²) in [6, 6.07) is 11.3. The third-order valence-corrected chi connectivity index (χ3v) is 5.67. The molecule has 0 aromatic heterocycles. The first-order valence-electron chi connectivity index (χ1n) is 11.7. The monoisotopic (exact) mass is 462 g/mol. The molecule has 0 saturated carbocycles. The molecule has 180 valence electrons. The highest BCUT2D eigenvalue weighted by atomic mass is 19.3. The van der Waals surface area contributed by atoms with E-state index >= 15 is 0 Å². The molecule has 0 aliphatic rings. The third-order valence-electron chi connectivity index (χ3n) is 5.67. The van der Waals surface area contributed by atoms with Crippen LogP contribution in [0.2, 0.25) is 0 Å². The Labute approximate surface area is 203 Å². The number of alkyl halides is 2. The van der Waals surface area contributed by atoms with E-state index in [0.29, 0.717) is 23.4 Å². The van der Waals surface area contributed by atoms with E-state index < -0.39 is 6.43 Å². The van der Waals surface area contributed by atoms with Crippen molar-refractivity contribution in [2.45, 2.75) is 60.3 Å². The quantitative estimate of drug-likeness (QED) is 0.261. The van der Waals surface area contributed by atoms with Gasteiger partial charge in [-0.05, 0) is 93.5 Å². The zero-order valence-electron chi connectivity index (χ0n) is 21.0. The molecule has 0 bridgehead atoms. The van der Waals surface area contributed by atoms with Crippen LogP contribution < -0.4 is 5.32 Å². The van der Waals surface area contributed by atoms with Gasteiger partial charge in [0.25, 0.3) is 6.43 Å². The number of hydrogen-bond acceptors (Lipinski definition) is 2. The van der Waals surface area contributed by atoms with Gasteiger partial charge in [0.2, 0.25) is 0 Å². The largest absolute Gasteiger partial charge is 0.356 e. The predicted octanol–water partition coefficient (Wildman–Crippen LogP) is 9.01. The Morgan fingerprint density at radius 2 is 1.85 bits per heavy atom. The summed E-state index contributed by atoms with van der Waals surface area (Å²) in [6.07, 6.45) is 9.71. The van der Waals surface area contributed by atoms with E-state index in [1.165, 1.54) is 22.8 Å². The van der Waals surface area contributed by atoms with Gasteiger partial charge in [-0.15, -0.1) is 0 Å². The van der Waals surface area contributed by atoms with Crippen LogP contribution in [0, 0.1) is 6.92 Å². The minimum absolute atomic E-state index is 0.0716. The smallest absolute Gasteiger partial charge is 0.264 e. The van der Waals surface area contributed by atoms with Crippen LogP contribution in [0.4, 0.5) is 14.5 Å². The van der Waals surface area contributed by atoms with E-state index in [1.807, 2.05) is 63.4 Å². The van der Waals surface area contributed by atoms with Crippen molar-refractivity contribution in [2.24, 2.45) is 4.99 Å². The maximum absolute atomic E-state index is 13.4. The molecular formula is C30H36F2N2. The molecule has 2 nitrogen and oxygen atoms in total. The topological polar surface area (TPSA) is 24.4 Å². The molecule has 2 aromatic rings. The summed E-state index contributed by atoms with van der Waals surface area (Å²) in [5.41, 5.74) is 7.60. The molecule has 0 atom stereocenters. The Morgan fingerprint density at radius 3 is 2.53 bits per heavy atom. The minimum Gasteiger partial charge on any atom is -0.356 e. The van der Waals surface area contributed by atoms with Gasteiger partial charge < -0.3 is 5.32 Å². The van der Waals surface area contributed by atoms with E-state index in [0.717, 1.165) is 24.1 Å². The van der Waals surface area contributed by atoms with Crippen LogP contribution in [0.3, 0.4) is 0 Å². The molecule has 0 unspecified atom stereocenters. The molecule has 0 saturated heterocycles. The molecule has 0 aliphatic heterocycles. The Bertz CT molecular complexity index is 1100. The van der Waals surface area contributed by atoms with Gasteiger partial charge in [0, 0.05) is 28.9 Å². The number of hydrogen-bond donors (Lipinski definition) is 1. The second-order valence-corrected chi connectivity index (χ2v) is 8.44. The van der Waals surface area contributed by atoms with Gasteiger partial charge >= 0.3 is 0 Å². The van der Waals surface area contributed by atoms with Crippen molar-refractivity contribution >= 4 is 17.1 Å². The second kappa shape index (κ2) is 13.4. The van der Waals surface area contributed by atoms with Crippen molar-refractivity contribution in [1.82, 2.24) is 0 Å². The van der Waals surface area contributed by atoms with Crippen molar-refractivity contribution in [3.8, 4) is 0 Å². The van der Waals surface area contributed by atoms with Crippen molar-refractivity contribution in [3.63, 3.8) is 0 Å². The first-order chi connectivity index (χ1) is 16.2. The number of rotatable bonds is 11. The van der Waals surface area contributed by atoms with Crippen LogP contribution in [0.25, 0.3) is 5.70 Å². The number of anilines is 1. The van der Waals surface area contributed by atoms with E-state index in [4.69, 9.17) is 0 Å². The Hall–Kier alpha value is -3.27. The molecule has 2 rings (SSSR count). The molecule has 0 spiro atoms. The van der Waals surface area contributed by atoms with Gasteiger partial charge in [0.15, 0.2) is 0 Å². The lowest BCUT2D eigenvalue weighted by Gasteiger charge is -2.15. The molecule has 0 fully saturated rings. The summed E-state index contributed by atoms with van der Waals surface area (Å²) < 4.78 is 26.8. The zero-order valence-corrected chi connectivity index (χ0v) is 21.0. The summed E-state index contributed by atoms with van der Waals surface area (Å²) in [7, 11) is 0. The van der Waals surface area contributed by atoms with Gasteiger partial charge in [-0.3, -0.25) is 4.99 Å². The second-order valence-electron chi connectivity index (χ2n) is 8.44. The number of aliphatic imine (C=N–C) groups is 1. The normalized spacial score (nSPS) is 12.8. The highest BCUT2D eigenvalue weighted by molar-refractivity contribution is 5.93. The fourth-order valence-corrected chi connectivity index (χ4v) is 3.53. The predicted molar refractivity (Wildman–Crippen MR) is 144 cm³/mol. The number of aryl methyl sites for hydroxylation is 3. The van der Waals surface area contributed by atoms with Crippen molar-refractivity contribution in [1.29, 1.82) is 0 Å². The number of nitrogens with zero attached hydrogens (tertiary/aromatic N) is 1. The highest BCUT2D eigenvalue weighted by Crippen LogP contribution is 2.28. The molecule has 1 N–H and O–H groups in total. The fraction of sp³-hybridized carbons (Fsp3) is 0.300. The fourth-order valence-electron chi connectivity index (χ4n) is 3.53. The SMILES string of the molecule is C=C(Nc1ccc(CC)c(C(F)F)c1)c1ccc(C)c(CC/C(C)=C/N=C(C)/C=C\C=C/C)c1. The van der Waals surface area contributed by atoms with Gasteiger partial charge in [0.05, 0.1) is 0 Å². The molecule has 2 aromatic carbocycles. The standard InChI is InChI=1S/C30H36F2N2/c1-7-9-10-11-23(5)33-20-21(3)12-14-26-18-27(15-13-22(26)4)24(6)34-28-17-16-25(8-2)29(19-28)30(31)32/h7,9-11,13,15-20,30,34H,6,8,12,14H2,1-5H3/b9-7-,11-10-,21-20+,33-23+. The number of benzene rings is 2. The van der Waals surface area contributed by atoms with Crippen LogP contribution in [-0.2, 0) is 12.8 Å². The average Bonchev–Trinajstić information content (AvgIpc) is 2.82. The number of allylic oxidation sites excluding steroid dienone is 5. The lowest BCUT2D eigenvalue weighted by molar-refractivity contribution is 0.150. The van der Waals surface area contributed by atoms with Crippen LogP contribution in [-0.4, -0.2) is 5.71 Å². The molecule has 0 radical (unpaired) electrons. The van der Waals surface area contributed by atoms with Crippen molar-refractivity contribution in [3.05, 3.63) is 107 Å². The van der Waals surface area contributed by atoms with E-state index in [9.17, 15) is 8.78 Å². The Morgan fingerprint density at radius 1 is 1.09 bits per heavy atom. The van der Waals surface area contributed by atoms with Crippen LogP contribution in [0.15, 0.2) is 84.0 Å².